The third kappa shape index (κ3) is 5.36. The maximum Gasteiger partial charge on any atom is 0.212 e. The van der Waals surface area contributed by atoms with Crippen LogP contribution < -0.4 is 19.4 Å². The molecule has 0 spiro atoms. The van der Waals surface area contributed by atoms with Crippen molar-refractivity contribution in [2.45, 2.75) is 29.1 Å². The van der Waals surface area contributed by atoms with Crippen LogP contribution in [0, 0.1) is 0 Å². The Morgan fingerprint density at radius 3 is 1.41 bits per heavy atom. The van der Waals surface area contributed by atoms with Crippen molar-refractivity contribution in [3.63, 3.8) is 0 Å². The number of methoxy groups -OCH3 is 2. The van der Waals surface area contributed by atoms with E-state index in [1.807, 2.05) is 35.7 Å². The van der Waals surface area contributed by atoms with Crippen molar-refractivity contribution in [1.29, 1.82) is 0 Å². The number of pyridine rings is 2. The molecule has 0 fully saturated rings. The summed E-state index contributed by atoms with van der Waals surface area (Å²) in [5.41, 5.74) is 4.63. The fraction of sp³-hybridized carbons (Fsp3) is 0.212. The maximum absolute atomic E-state index is 5.53. The molecule has 196 valence electrons. The number of benzene rings is 4. The Kier molecular flexibility index (Phi) is 7.75. The zero-order valence-corrected chi connectivity index (χ0v) is 23.9. The summed E-state index contributed by atoms with van der Waals surface area (Å²) >= 11 is 3.92. The van der Waals surface area contributed by atoms with Crippen molar-refractivity contribution in [2.75, 3.05) is 25.7 Å². The summed E-state index contributed by atoms with van der Waals surface area (Å²) in [6.07, 6.45) is 3.57. The first-order valence-electron chi connectivity index (χ1n) is 13.3. The molecule has 0 amide bonds. The number of unbranched alkanes of at least 4 members (excludes halogenated alkanes) is 2. The van der Waals surface area contributed by atoms with E-state index in [0.29, 0.717) is 0 Å². The molecule has 0 unspecified atom stereocenters. The summed E-state index contributed by atoms with van der Waals surface area (Å²) in [5, 5.41) is 5.00. The highest BCUT2D eigenvalue weighted by atomic mass is 32.2. The Morgan fingerprint density at radius 1 is 0.513 bits per heavy atom. The Balaban J connectivity index is 1.13. The summed E-state index contributed by atoms with van der Waals surface area (Å²) < 4.78 is 11.1. The number of aromatic amines is 2. The van der Waals surface area contributed by atoms with E-state index in [-0.39, 0.29) is 0 Å². The first kappa shape index (κ1) is 25.8. The number of ether oxygens (including phenoxy) is 2. The zero-order chi connectivity index (χ0) is 26.6. The number of para-hydroxylation sites is 2. The lowest BCUT2D eigenvalue weighted by molar-refractivity contribution is -0.311. The molecule has 0 aliphatic carbocycles. The third-order valence-corrected chi connectivity index (χ3v) is 9.55. The van der Waals surface area contributed by atoms with Crippen molar-refractivity contribution in [2.24, 2.45) is 0 Å². The number of thioether (sulfide) groups is 2. The van der Waals surface area contributed by atoms with Crippen LogP contribution in [0.15, 0.2) is 94.7 Å². The SMILES string of the molecule is COc1ccc2[nH+]c3ccccc3c(SCCCCCSc3c4ccccc4[nH+]c4ccc(OC)cc34)c2c1. The van der Waals surface area contributed by atoms with Gasteiger partial charge in [0.05, 0.1) is 35.8 Å². The molecular formula is C33H32N2O2S2+2. The average Bonchev–Trinajstić information content (AvgIpc) is 2.99. The highest BCUT2D eigenvalue weighted by Gasteiger charge is 2.16. The normalized spacial score (nSPS) is 11.5. The second-order valence-electron chi connectivity index (χ2n) is 9.58. The zero-order valence-electron chi connectivity index (χ0n) is 22.3. The summed E-state index contributed by atoms with van der Waals surface area (Å²) in [5.74, 6) is 3.96. The summed E-state index contributed by atoms with van der Waals surface area (Å²) in [6, 6.07) is 29.7. The number of H-pyrrole nitrogens is 2. The Labute approximate surface area is 237 Å². The molecule has 6 heteroatoms. The second-order valence-corrected chi connectivity index (χ2v) is 11.8. The van der Waals surface area contributed by atoms with Crippen molar-refractivity contribution in [3.05, 3.63) is 84.9 Å². The minimum atomic E-state index is 0.890. The smallest absolute Gasteiger partial charge is 0.212 e. The van der Waals surface area contributed by atoms with Gasteiger partial charge in [0.1, 0.15) is 11.5 Å². The summed E-state index contributed by atoms with van der Waals surface area (Å²) in [6.45, 7) is 0. The lowest BCUT2D eigenvalue weighted by atomic mass is 10.1. The predicted octanol–water partition coefficient (Wildman–Crippen LogP) is 8.00. The predicted molar refractivity (Wildman–Crippen MR) is 164 cm³/mol. The van der Waals surface area contributed by atoms with E-state index in [1.54, 1.807) is 14.2 Å². The summed E-state index contributed by atoms with van der Waals surface area (Å²) in [4.78, 5) is 9.84. The monoisotopic (exact) mass is 552 g/mol. The standard InChI is InChI=1S/C33H30N2O2S2/c1-36-22-14-16-30-26(20-22)32(24-10-4-6-12-28(24)34-30)38-18-8-3-9-19-39-33-25-11-5-7-13-29(25)35-31-17-15-23(37-2)21-27(31)33/h4-7,10-17,20-21H,3,8-9,18-19H2,1-2H3/p+2. The molecule has 0 radical (unpaired) electrons. The first-order valence-corrected chi connectivity index (χ1v) is 15.3. The molecule has 39 heavy (non-hydrogen) atoms. The maximum atomic E-state index is 5.53. The van der Waals surface area contributed by atoms with Gasteiger partial charge in [0.15, 0.2) is 0 Å². The molecule has 4 aromatic carbocycles. The van der Waals surface area contributed by atoms with Gasteiger partial charge in [-0.25, -0.2) is 9.97 Å². The lowest BCUT2D eigenvalue weighted by Gasteiger charge is -2.09. The number of rotatable bonds is 10. The minimum Gasteiger partial charge on any atom is -0.497 e. The minimum absolute atomic E-state index is 0.890. The topological polar surface area (TPSA) is 46.7 Å². The average molecular weight is 553 g/mol. The molecule has 4 nitrogen and oxygen atoms in total. The van der Waals surface area contributed by atoms with Crippen LogP contribution in [0.25, 0.3) is 43.6 Å². The Bertz CT molecular complexity index is 1660. The van der Waals surface area contributed by atoms with Crippen LogP contribution in [0.5, 0.6) is 11.5 Å². The van der Waals surface area contributed by atoms with Crippen molar-refractivity contribution < 1.29 is 19.4 Å². The molecule has 6 rings (SSSR count). The van der Waals surface area contributed by atoms with E-state index in [0.717, 1.165) is 34.0 Å². The fourth-order valence-electron chi connectivity index (χ4n) is 5.10. The highest BCUT2D eigenvalue weighted by molar-refractivity contribution is 8.00. The molecule has 2 aromatic heterocycles. The molecule has 6 aromatic rings. The Hall–Kier alpha value is -3.48. The van der Waals surface area contributed by atoms with Crippen molar-refractivity contribution in [3.8, 4) is 11.5 Å². The molecule has 0 aliphatic rings. The van der Waals surface area contributed by atoms with E-state index in [2.05, 4.69) is 82.8 Å². The molecule has 0 atom stereocenters. The van der Waals surface area contributed by atoms with Crippen LogP contribution in [0.3, 0.4) is 0 Å². The van der Waals surface area contributed by atoms with Gasteiger partial charge in [0.2, 0.25) is 22.1 Å². The quantitative estimate of drug-likeness (QED) is 0.0981. The number of fused-ring (bicyclic) bond motifs is 4. The van der Waals surface area contributed by atoms with Gasteiger partial charge in [-0.1, -0.05) is 30.7 Å². The molecule has 2 N–H and O–H groups in total. The molecule has 0 saturated heterocycles. The van der Waals surface area contributed by atoms with Crippen LogP contribution >= 0.6 is 23.5 Å². The molecule has 2 heterocycles. The molecule has 0 aliphatic heterocycles. The van der Waals surface area contributed by atoms with Crippen LogP contribution in [0.4, 0.5) is 0 Å². The van der Waals surface area contributed by atoms with Crippen LogP contribution in [0.1, 0.15) is 19.3 Å². The molecule has 0 bridgehead atoms. The van der Waals surface area contributed by atoms with Crippen LogP contribution in [-0.2, 0) is 0 Å². The number of nitrogens with one attached hydrogen (secondary N) is 2. The van der Waals surface area contributed by atoms with Gasteiger partial charge in [-0.3, -0.25) is 0 Å². The lowest BCUT2D eigenvalue weighted by Crippen LogP contribution is -2.06. The van der Waals surface area contributed by atoms with E-state index in [1.165, 1.54) is 61.6 Å². The fourth-order valence-corrected chi connectivity index (χ4v) is 7.52. The Morgan fingerprint density at radius 2 is 0.949 bits per heavy atom. The van der Waals surface area contributed by atoms with Crippen molar-refractivity contribution >= 4 is 67.1 Å². The van der Waals surface area contributed by atoms with E-state index in [4.69, 9.17) is 9.47 Å². The van der Waals surface area contributed by atoms with Gasteiger partial charge >= 0.3 is 0 Å². The molecular weight excluding hydrogens is 521 g/mol. The van der Waals surface area contributed by atoms with Crippen LogP contribution in [-0.4, -0.2) is 25.7 Å². The van der Waals surface area contributed by atoms with Gasteiger partial charge in [0, 0.05) is 34.1 Å². The van der Waals surface area contributed by atoms with E-state index < -0.39 is 0 Å². The second kappa shape index (κ2) is 11.7. The summed E-state index contributed by atoms with van der Waals surface area (Å²) in [7, 11) is 3.46. The highest BCUT2D eigenvalue weighted by Crippen LogP contribution is 2.36. The number of hydrogen-bond acceptors (Lipinski definition) is 4. The molecule has 0 saturated carbocycles. The van der Waals surface area contributed by atoms with Gasteiger partial charge in [0.25, 0.3) is 0 Å². The van der Waals surface area contributed by atoms with Gasteiger partial charge in [-0.15, -0.1) is 23.5 Å². The van der Waals surface area contributed by atoms with E-state index in [9.17, 15) is 0 Å². The largest absolute Gasteiger partial charge is 0.497 e. The van der Waals surface area contributed by atoms with Gasteiger partial charge in [-0.2, -0.15) is 0 Å². The first-order chi connectivity index (χ1) is 19.2. The van der Waals surface area contributed by atoms with Gasteiger partial charge in [-0.05, 0) is 60.7 Å². The van der Waals surface area contributed by atoms with Crippen LogP contribution in [0.2, 0.25) is 0 Å². The number of hydrogen-bond donors (Lipinski definition) is 0. The number of aromatic nitrogens is 2. The van der Waals surface area contributed by atoms with Gasteiger partial charge < -0.3 is 9.47 Å². The van der Waals surface area contributed by atoms with Crippen molar-refractivity contribution in [1.82, 2.24) is 0 Å². The third-order valence-electron chi connectivity index (χ3n) is 7.11. The van der Waals surface area contributed by atoms with E-state index >= 15 is 0 Å².